The first-order chi connectivity index (χ1) is 18.0. The molecule has 5 rings (SSSR count). The van der Waals surface area contributed by atoms with Crippen LogP contribution in [-0.4, -0.2) is 71.8 Å². The van der Waals surface area contributed by atoms with Gasteiger partial charge in [-0.1, -0.05) is 32.0 Å². The molecule has 2 aromatic carbocycles. The largest absolute Gasteiger partial charge is 0.339 e. The molecule has 0 bridgehead atoms. The van der Waals surface area contributed by atoms with Gasteiger partial charge >= 0.3 is 0 Å². The molecule has 6 nitrogen and oxygen atoms in total. The Bertz CT molecular complexity index is 1330. The van der Waals surface area contributed by atoms with Gasteiger partial charge in [-0.25, -0.2) is 4.98 Å². The van der Waals surface area contributed by atoms with Crippen LogP contribution in [0.5, 0.6) is 0 Å². The summed E-state index contributed by atoms with van der Waals surface area (Å²) in [6.07, 6.45) is 2.97. The Balaban J connectivity index is 0.00000156. The SMILES string of the molecule is CC.CN=Cc1c(C)ccc2nc(-c3ccc(C(=O)N4CCN(C(C)=O)CC4)cc3)c3c(c12)CCSC3. The fraction of sp³-hybridized carbons (Fsp3) is 0.400. The van der Waals surface area contributed by atoms with Crippen LogP contribution in [-0.2, 0) is 17.0 Å². The number of amides is 2. The average molecular weight is 517 g/mol. The lowest BCUT2D eigenvalue weighted by Gasteiger charge is -2.34. The van der Waals surface area contributed by atoms with Gasteiger partial charge in [0.25, 0.3) is 5.91 Å². The number of fused-ring (bicyclic) bond motifs is 3. The van der Waals surface area contributed by atoms with Crippen LogP contribution >= 0.6 is 11.8 Å². The smallest absolute Gasteiger partial charge is 0.253 e. The van der Waals surface area contributed by atoms with E-state index in [1.165, 1.54) is 22.1 Å². The van der Waals surface area contributed by atoms with Gasteiger partial charge in [-0.3, -0.25) is 14.6 Å². The number of pyridine rings is 1. The Morgan fingerprint density at radius 1 is 0.973 bits per heavy atom. The zero-order valence-electron chi connectivity index (χ0n) is 22.5. The minimum absolute atomic E-state index is 0.0165. The highest BCUT2D eigenvalue weighted by molar-refractivity contribution is 7.98. The molecule has 3 heterocycles. The summed E-state index contributed by atoms with van der Waals surface area (Å²) in [7, 11) is 1.81. The fourth-order valence-corrected chi connectivity index (χ4v) is 6.10. The van der Waals surface area contributed by atoms with E-state index >= 15 is 0 Å². The summed E-state index contributed by atoms with van der Waals surface area (Å²) in [5, 5.41) is 1.23. The summed E-state index contributed by atoms with van der Waals surface area (Å²) in [6.45, 7) is 10.0. The van der Waals surface area contributed by atoms with E-state index in [1.54, 1.807) is 11.8 Å². The number of aromatic nitrogens is 1. The second-order valence-corrected chi connectivity index (χ2v) is 10.3. The summed E-state index contributed by atoms with van der Waals surface area (Å²) in [6, 6.07) is 12.1. The molecule has 7 heteroatoms. The lowest BCUT2D eigenvalue weighted by Crippen LogP contribution is -2.50. The van der Waals surface area contributed by atoms with Gasteiger partial charge < -0.3 is 9.80 Å². The molecule has 0 radical (unpaired) electrons. The first kappa shape index (κ1) is 26.9. The van der Waals surface area contributed by atoms with Gasteiger partial charge in [0, 0.05) is 74.2 Å². The third-order valence-corrected chi connectivity index (χ3v) is 8.03. The minimum Gasteiger partial charge on any atom is -0.339 e. The zero-order valence-corrected chi connectivity index (χ0v) is 23.3. The molecule has 0 saturated carbocycles. The highest BCUT2D eigenvalue weighted by Gasteiger charge is 2.24. The minimum atomic E-state index is 0.0165. The van der Waals surface area contributed by atoms with E-state index in [4.69, 9.17) is 4.98 Å². The number of carbonyl (C=O) groups excluding carboxylic acids is 2. The van der Waals surface area contributed by atoms with Crippen molar-refractivity contribution in [3.63, 3.8) is 0 Å². The molecule has 37 heavy (non-hydrogen) atoms. The molecule has 1 fully saturated rings. The van der Waals surface area contributed by atoms with Crippen LogP contribution < -0.4 is 0 Å². The molecule has 0 N–H and O–H groups in total. The Labute approximate surface area is 224 Å². The van der Waals surface area contributed by atoms with Crippen molar-refractivity contribution in [3.05, 3.63) is 64.2 Å². The van der Waals surface area contributed by atoms with Crippen molar-refractivity contribution in [2.24, 2.45) is 4.99 Å². The maximum atomic E-state index is 13.1. The number of hydrogen-bond donors (Lipinski definition) is 0. The van der Waals surface area contributed by atoms with E-state index < -0.39 is 0 Å². The summed E-state index contributed by atoms with van der Waals surface area (Å²) < 4.78 is 0. The summed E-state index contributed by atoms with van der Waals surface area (Å²) >= 11 is 1.94. The maximum Gasteiger partial charge on any atom is 0.253 e. The number of carbonyl (C=O) groups is 2. The van der Waals surface area contributed by atoms with Crippen molar-refractivity contribution in [1.82, 2.24) is 14.8 Å². The first-order valence-electron chi connectivity index (χ1n) is 13.1. The molecule has 2 amide bonds. The molecule has 1 aromatic heterocycles. The topological polar surface area (TPSA) is 65.9 Å². The fourth-order valence-electron chi connectivity index (χ4n) is 5.10. The molecular weight excluding hydrogens is 480 g/mol. The van der Waals surface area contributed by atoms with E-state index in [2.05, 4.69) is 24.0 Å². The van der Waals surface area contributed by atoms with Gasteiger partial charge in [0.1, 0.15) is 0 Å². The number of benzene rings is 2. The molecule has 0 unspecified atom stereocenters. The normalized spacial score (nSPS) is 15.4. The van der Waals surface area contributed by atoms with Crippen LogP contribution in [0.3, 0.4) is 0 Å². The van der Waals surface area contributed by atoms with Gasteiger partial charge in [-0.05, 0) is 54.0 Å². The Morgan fingerprint density at radius 3 is 2.30 bits per heavy atom. The van der Waals surface area contributed by atoms with Crippen LogP contribution in [0, 0.1) is 6.92 Å². The van der Waals surface area contributed by atoms with Crippen molar-refractivity contribution < 1.29 is 9.59 Å². The first-order valence-corrected chi connectivity index (χ1v) is 14.2. The number of hydrogen-bond acceptors (Lipinski definition) is 5. The second kappa shape index (κ2) is 11.9. The predicted octanol–water partition coefficient (Wildman–Crippen LogP) is 5.38. The van der Waals surface area contributed by atoms with Gasteiger partial charge in [-0.15, -0.1) is 0 Å². The van der Waals surface area contributed by atoms with Gasteiger partial charge in [0.05, 0.1) is 11.2 Å². The van der Waals surface area contributed by atoms with Crippen LogP contribution in [0.4, 0.5) is 0 Å². The Kier molecular flexibility index (Phi) is 8.64. The third-order valence-electron chi connectivity index (χ3n) is 7.04. The number of aryl methyl sites for hydroxylation is 2. The third kappa shape index (κ3) is 5.42. The van der Waals surface area contributed by atoms with E-state index in [1.807, 2.05) is 68.0 Å². The monoisotopic (exact) mass is 516 g/mol. The maximum absolute atomic E-state index is 13.1. The quantitative estimate of drug-likeness (QED) is 0.439. The van der Waals surface area contributed by atoms with Crippen molar-refractivity contribution in [2.75, 3.05) is 39.0 Å². The standard InChI is InChI=1S/C28H30N4O2S.C2H6/c1-18-4-9-25-26(23(18)16-29-3)22-10-15-35-17-24(22)27(30-25)20-5-7-21(8-6-20)28(34)32-13-11-31(12-14-32)19(2)33;1-2/h4-9,16H,10-15,17H2,1-3H3;1-2H3. The van der Waals surface area contributed by atoms with Gasteiger partial charge in [0.2, 0.25) is 5.91 Å². The van der Waals surface area contributed by atoms with Gasteiger partial charge in [0.15, 0.2) is 0 Å². The number of thioether (sulfide) groups is 1. The molecule has 0 aliphatic carbocycles. The highest BCUT2D eigenvalue weighted by atomic mass is 32.2. The summed E-state index contributed by atoms with van der Waals surface area (Å²) in [5.74, 6) is 2.12. The molecule has 2 aliphatic rings. The molecule has 0 spiro atoms. The number of rotatable bonds is 3. The molecule has 194 valence electrons. The predicted molar refractivity (Wildman–Crippen MR) is 155 cm³/mol. The van der Waals surface area contributed by atoms with Crippen LogP contribution in [0.1, 0.15) is 53.4 Å². The highest BCUT2D eigenvalue weighted by Crippen LogP contribution is 2.38. The number of piperazine rings is 1. The van der Waals surface area contributed by atoms with Crippen molar-refractivity contribution in [3.8, 4) is 11.3 Å². The van der Waals surface area contributed by atoms with Gasteiger partial charge in [-0.2, -0.15) is 11.8 Å². The van der Waals surface area contributed by atoms with Crippen LogP contribution in [0.25, 0.3) is 22.2 Å². The molecular formula is C30H36N4O2S. The lowest BCUT2D eigenvalue weighted by molar-refractivity contribution is -0.130. The van der Waals surface area contributed by atoms with Crippen molar-refractivity contribution >= 4 is 40.7 Å². The second-order valence-electron chi connectivity index (χ2n) is 9.17. The summed E-state index contributed by atoms with van der Waals surface area (Å²) in [4.78, 5) is 37.7. The van der Waals surface area contributed by atoms with Crippen LogP contribution in [0.15, 0.2) is 41.4 Å². The van der Waals surface area contributed by atoms with E-state index in [-0.39, 0.29) is 11.8 Å². The molecule has 3 aromatic rings. The lowest BCUT2D eigenvalue weighted by atomic mass is 9.91. The summed E-state index contributed by atoms with van der Waals surface area (Å²) in [5.41, 5.74) is 8.77. The van der Waals surface area contributed by atoms with E-state index in [0.29, 0.717) is 31.7 Å². The average Bonchev–Trinajstić information content (AvgIpc) is 2.95. The van der Waals surface area contributed by atoms with Crippen molar-refractivity contribution in [2.45, 2.75) is 39.9 Å². The van der Waals surface area contributed by atoms with E-state index in [9.17, 15) is 9.59 Å². The molecule has 2 aliphatic heterocycles. The molecule has 1 saturated heterocycles. The van der Waals surface area contributed by atoms with Crippen molar-refractivity contribution in [1.29, 1.82) is 0 Å². The Hall–Kier alpha value is -3.19. The van der Waals surface area contributed by atoms with E-state index in [0.717, 1.165) is 40.3 Å². The zero-order chi connectivity index (χ0) is 26.5. The number of nitrogens with zero attached hydrogens (tertiary/aromatic N) is 4. The molecule has 0 atom stereocenters. The Morgan fingerprint density at radius 2 is 1.65 bits per heavy atom. The van der Waals surface area contributed by atoms with Crippen LogP contribution in [0.2, 0.25) is 0 Å². The number of aliphatic imine (C=N–C) groups is 1.